The molecule has 2 amide bonds. The number of nitrogens with zero attached hydrogens (tertiary/aromatic N) is 1. The molecule has 0 aliphatic heterocycles. The molecule has 2 rings (SSSR count). The molecule has 0 saturated carbocycles. The van der Waals surface area contributed by atoms with Crippen LogP contribution in [0.5, 0.6) is 0 Å². The van der Waals surface area contributed by atoms with E-state index in [4.69, 9.17) is 0 Å². The molecule has 26 heavy (non-hydrogen) atoms. The second-order valence-corrected chi connectivity index (χ2v) is 6.07. The molecule has 9 heteroatoms. The minimum atomic E-state index is -4.44. The molecule has 1 aromatic carbocycles. The third-order valence-electron chi connectivity index (χ3n) is 3.27. The van der Waals surface area contributed by atoms with Crippen LogP contribution in [-0.2, 0) is 11.2 Å². The molecule has 0 radical (unpaired) electrons. The number of amides is 2. The van der Waals surface area contributed by atoms with Crippen LogP contribution in [0.25, 0.3) is 0 Å². The number of pyridine rings is 1. The first kappa shape index (κ1) is 19.8. The summed E-state index contributed by atoms with van der Waals surface area (Å²) in [6.45, 7) is -1.36. The summed E-state index contributed by atoms with van der Waals surface area (Å²) in [6.07, 6.45) is -1.20. The van der Waals surface area contributed by atoms with Gasteiger partial charge in [0.2, 0.25) is 5.91 Å². The second-order valence-electron chi connectivity index (χ2n) is 5.28. The highest BCUT2D eigenvalue weighted by molar-refractivity contribution is 7.98. The van der Waals surface area contributed by atoms with E-state index in [9.17, 15) is 22.8 Å². The lowest BCUT2D eigenvalue weighted by Gasteiger charge is -2.10. The normalized spacial score (nSPS) is 11.1. The maximum absolute atomic E-state index is 12.3. The van der Waals surface area contributed by atoms with Gasteiger partial charge in [-0.2, -0.15) is 13.2 Å². The zero-order valence-electron chi connectivity index (χ0n) is 13.8. The van der Waals surface area contributed by atoms with Gasteiger partial charge in [-0.1, -0.05) is 12.1 Å². The molecule has 2 N–H and O–H groups in total. The van der Waals surface area contributed by atoms with Crippen LogP contribution in [-0.4, -0.2) is 35.8 Å². The number of hydrogen-bond donors (Lipinski definition) is 2. The first-order valence-corrected chi connectivity index (χ1v) is 8.74. The summed E-state index contributed by atoms with van der Waals surface area (Å²) in [5.74, 6) is -1.04. The summed E-state index contributed by atoms with van der Waals surface area (Å²) in [6, 6.07) is 9.63. The van der Waals surface area contributed by atoms with E-state index in [0.29, 0.717) is 21.8 Å². The summed E-state index contributed by atoms with van der Waals surface area (Å²) in [7, 11) is 0. The smallest absolute Gasteiger partial charge is 0.347 e. The Bertz CT molecular complexity index is 780. The van der Waals surface area contributed by atoms with Gasteiger partial charge < -0.3 is 10.6 Å². The van der Waals surface area contributed by atoms with Gasteiger partial charge in [-0.3, -0.25) is 9.59 Å². The zero-order valence-corrected chi connectivity index (χ0v) is 14.6. The van der Waals surface area contributed by atoms with Gasteiger partial charge in [0.15, 0.2) is 0 Å². The highest BCUT2D eigenvalue weighted by Gasteiger charge is 2.27. The van der Waals surface area contributed by atoms with Gasteiger partial charge in [-0.25, -0.2) is 4.98 Å². The van der Waals surface area contributed by atoms with Gasteiger partial charge in [-0.05, 0) is 36.1 Å². The minimum Gasteiger partial charge on any atom is -0.347 e. The molecule has 0 bridgehead atoms. The van der Waals surface area contributed by atoms with E-state index in [2.05, 4.69) is 10.3 Å². The molecule has 0 spiro atoms. The summed E-state index contributed by atoms with van der Waals surface area (Å²) in [4.78, 5) is 27.9. The molecule has 0 fully saturated rings. The van der Waals surface area contributed by atoms with Crippen LogP contribution in [0.2, 0.25) is 0 Å². The largest absolute Gasteiger partial charge is 0.405 e. The first-order chi connectivity index (χ1) is 12.3. The Morgan fingerprint density at radius 3 is 2.46 bits per heavy atom. The van der Waals surface area contributed by atoms with E-state index in [1.54, 1.807) is 42.6 Å². The van der Waals surface area contributed by atoms with Crippen LogP contribution >= 0.6 is 11.8 Å². The molecule has 138 valence electrons. The minimum absolute atomic E-state index is 0.177. The third kappa shape index (κ3) is 6.07. The number of benzene rings is 1. The Kier molecular flexibility index (Phi) is 6.62. The maximum Gasteiger partial charge on any atom is 0.405 e. The number of carbonyl (C=O) groups is 2. The lowest BCUT2D eigenvalue weighted by Crippen LogP contribution is -2.34. The van der Waals surface area contributed by atoms with E-state index in [1.807, 2.05) is 11.6 Å². The van der Waals surface area contributed by atoms with Crippen molar-refractivity contribution < 1.29 is 22.8 Å². The Morgan fingerprint density at radius 2 is 1.85 bits per heavy atom. The van der Waals surface area contributed by atoms with E-state index < -0.39 is 18.6 Å². The summed E-state index contributed by atoms with van der Waals surface area (Å²) < 4.78 is 36.2. The van der Waals surface area contributed by atoms with Crippen LogP contribution in [0.3, 0.4) is 0 Å². The fraction of sp³-hybridized carbons (Fsp3) is 0.235. The number of nitrogens with one attached hydrogen (secondary N) is 2. The van der Waals surface area contributed by atoms with Crippen LogP contribution in [0.4, 0.5) is 18.9 Å². The quantitative estimate of drug-likeness (QED) is 0.751. The predicted molar refractivity (Wildman–Crippen MR) is 93.2 cm³/mol. The van der Waals surface area contributed by atoms with Crippen LogP contribution in [0.15, 0.2) is 47.6 Å². The lowest BCUT2D eigenvalue weighted by atomic mass is 10.1. The van der Waals surface area contributed by atoms with Crippen molar-refractivity contribution in [3.8, 4) is 0 Å². The highest BCUT2D eigenvalue weighted by Crippen LogP contribution is 2.19. The van der Waals surface area contributed by atoms with Gasteiger partial charge in [0.1, 0.15) is 11.6 Å². The second kappa shape index (κ2) is 8.70. The molecule has 5 nitrogen and oxygen atoms in total. The van der Waals surface area contributed by atoms with Crippen molar-refractivity contribution in [2.45, 2.75) is 17.6 Å². The average Bonchev–Trinajstić information content (AvgIpc) is 2.61. The molecule has 0 aliphatic carbocycles. The number of thioether (sulfide) groups is 1. The topological polar surface area (TPSA) is 71.1 Å². The van der Waals surface area contributed by atoms with Crippen molar-refractivity contribution in [3.63, 3.8) is 0 Å². The number of anilines is 1. The molecule has 0 unspecified atom stereocenters. The fourth-order valence-corrected chi connectivity index (χ4v) is 2.62. The number of halogens is 3. The van der Waals surface area contributed by atoms with E-state index >= 15 is 0 Å². The van der Waals surface area contributed by atoms with Gasteiger partial charge in [0.05, 0.1) is 12.0 Å². The first-order valence-electron chi connectivity index (χ1n) is 7.51. The summed E-state index contributed by atoms with van der Waals surface area (Å²) >= 11 is 1.35. The number of aromatic nitrogens is 1. The van der Waals surface area contributed by atoms with Gasteiger partial charge in [0, 0.05) is 11.9 Å². The number of carbonyl (C=O) groups excluding carboxylic acids is 2. The average molecular weight is 383 g/mol. The van der Waals surface area contributed by atoms with Crippen molar-refractivity contribution in [1.82, 2.24) is 10.3 Å². The third-order valence-corrected chi connectivity index (χ3v) is 3.98. The molecule has 2 aromatic rings. The fourth-order valence-electron chi connectivity index (χ4n) is 2.08. The number of hydrogen-bond acceptors (Lipinski definition) is 4. The zero-order chi connectivity index (χ0) is 19.2. The molecule has 0 saturated heterocycles. The Labute approximate surface area is 152 Å². The van der Waals surface area contributed by atoms with Gasteiger partial charge in [-0.15, -0.1) is 11.8 Å². The Morgan fingerprint density at radius 1 is 1.15 bits per heavy atom. The Hall–Kier alpha value is -2.55. The van der Waals surface area contributed by atoms with Crippen molar-refractivity contribution >= 4 is 29.3 Å². The monoisotopic (exact) mass is 383 g/mol. The van der Waals surface area contributed by atoms with E-state index in [-0.39, 0.29) is 12.3 Å². The summed E-state index contributed by atoms with van der Waals surface area (Å²) in [5.41, 5.74) is 1.48. The molecule has 1 aromatic heterocycles. The van der Waals surface area contributed by atoms with Crippen molar-refractivity contribution in [2.24, 2.45) is 0 Å². The predicted octanol–water partition coefficient (Wildman–Crippen LogP) is 3.28. The standard InChI is InChI=1S/C17H16F3N3O2S/c1-26-16-13(3-2-8-21-16)15(25)23-12-6-4-11(5-7-12)9-14(24)22-10-17(18,19)20/h2-8H,9-10H2,1H3,(H,22,24)(H,23,25). The van der Waals surface area contributed by atoms with Crippen molar-refractivity contribution in [3.05, 3.63) is 53.7 Å². The molecule has 0 atom stereocenters. The van der Waals surface area contributed by atoms with E-state index in [0.717, 1.165) is 0 Å². The summed E-state index contributed by atoms with van der Waals surface area (Å²) in [5, 5.41) is 5.13. The molecular weight excluding hydrogens is 367 g/mol. The van der Waals surface area contributed by atoms with Crippen LogP contribution in [0, 0.1) is 0 Å². The molecule has 0 aliphatic rings. The van der Waals surface area contributed by atoms with Gasteiger partial charge in [0.25, 0.3) is 5.91 Å². The van der Waals surface area contributed by atoms with Crippen LogP contribution < -0.4 is 10.6 Å². The van der Waals surface area contributed by atoms with E-state index in [1.165, 1.54) is 11.8 Å². The maximum atomic E-state index is 12.3. The van der Waals surface area contributed by atoms with Crippen molar-refractivity contribution in [2.75, 3.05) is 18.1 Å². The van der Waals surface area contributed by atoms with Gasteiger partial charge >= 0.3 is 6.18 Å². The lowest BCUT2D eigenvalue weighted by molar-refractivity contribution is -0.138. The van der Waals surface area contributed by atoms with Crippen molar-refractivity contribution in [1.29, 1.82) is 0 Å². The molecular formula is C17H16F3N3O2S. The number of rotatable bonds is 6. The molecule has 1 heterocycles. The number of alkyl halides is 3. The SMILES string of the molecule is CSc1ncccc1C(=O)Nc1ccc(CC(=O)NCC(F)(F)F)cc1. The van der Waals surface area contributed by atoms with Crippen LogP contribution in [0.1, 0.15) is 15.9 Å². The highest BCUT2D eigenvalue weighted by atomic mass is 32.2. The Balaban J connectivity index is 1.95.